The Morgan fingerprint density at radius 1 is 1.27 bits per heavy atom. The molecule has 1 aliphatic heterocycles. The quantitative estimate of drug-likeness (QED) is 0.742. The van der Waals surface area contributed by atoms with Crippen LogP contribution >= 0.6 is 11.3 Å². The smallest absolute Gasteiger partial charge is 0.279 e. The molecule has 4 nitrogen and oxygen atoms in total. The first kappa shape index (κ1) is 17.1. The lowest BCUT2D eigenvalue weighted by Gasteiger charge is -2.28. The summed E-state index contributed by atoms with van der Waals surface area (Å²) in [5, 5.41) is 3.97. The molecule has 2 N–H and O–H groups in total. The molecule has 134 valence electrons. The van der Waals surface area contributed by atoms with Crippen LogP contribution in [0.15, 0.2) is 48.5 Å². The number of nitrogens with zero attached hydrogens (tertiary/aromatic N) is 1. The van der Waals surface area contributed by atoms with E-state index in [-0.39, 0.29) is 11.7 Å². The fraction of sp³-hybridized carbons (Fsp3) is 0.300. The molecule has 0 saturated carbocycles. The Bertz CT molecular complexity index is 893. The van der Waals surface area contributed by atoms with Gasteiger partial charge >= 0.3 is 0 Å². The molecule has 1 aromatic heterocycles. The molecule has 6 heteroatoms. The number of piperidine rings is 1. The molecule has 0 aliphatic carbocycles. The summed E-state index contributed by atoms with van der Waals surface area (Å²) in [5.74, 6) is -0.0160. The lowest BCUT2D eigenvalue weighted by atomic mass is 9.99. The zero-order chi connectivity index (χ0) is 17.9. The summed E-state index contributed by atoms with van der Waals surface area (Å²) in [6, 6.07) is 14.2. The molecule has 1 amide bonds. The predicted octanol–water partition coefficient (Wildman–Crippen LogP) is 2.84. The van der Waals surface area contributed by atoms with E-state index in [2.05, 4.69) is 17.4 Å². The number of hydrogen-bond acceptors (Lipinski definition) is 3. The van der Waals surface area contributed by atoms with Gasteiger partial charge < -0.3 is 10.2 Å². The van der Waals surface area contributed by atoms with Gasteiger partial charge in [0.1, 0.15) is 10.8 Å². The van der Waals surface area contributed by atoms with Gasteiger partial charge in [-0.2, -0.15) is 0 Å². The number of rotatable bonds is 4. The van der Waals surface area contributed by atoms with Gasteiger partial charge in [-0.15, -0.1) is 11.3 Å². The molecule has 1 fully saturated rings. The van der Waals surface area contributed by atoms with Gasteiger partial charge in [-0.3, -0.25) is 4.79 Å². The van der Waals surface area contributed by atoms with Gasteiger partial charge in [-0.1, -0.05) is 18.2 Å². The maximum atomic E-state index is 13.2. The average Bonchev–Trinajstić information content (AvgIpc) is 3.06. The zero-order valence-corrected chi connectivity index (χ0v) is 15.2. The summed E-state index contributed by atoms with van der Waals surface area (Å²) in [7, 11) is 0. The monoisotopic (exact) mass is 370 g/mol. The molecule has 2 heterocycles. The minimum absolute atomic E-state index is 0.0736. The lowest BCUT2D eigenvalue weighted by Crippen LogP contribution is -3.14. The first-order valence-corrected chi connectivity index (χ1v) is 9.73. The summed E-state index contributed by atoms with van der Waals surface area (Å²) in [5.41, 5.74) is 1.57. The molecule has 4 rings (SSSR count). The largest absolute Gasteiger partial charge is 0.327 e. The number of carbonyl (C=O) groups is 1. The van der Waals surface area contributed by atoms with Crippen molar-refractivity contribution in [3.8, 4) is 0 Å². The van der Waals surface area contributed by atoms with Crippen molar-refractivity contribution in [3.63, 3.8) is 0 Å². The predicted molar refractivity (Wildman–Crippen MR) is 102 cm³/mol. The average molecular weight is 370 g/mol. The SMILES string of the molecule is O=C(C[NH+]1CCC[C@H](c2nc3ccccc3s2)C1)Nc1cccc(F)c1. The highest BCUT2D eigenvalue weighted by molar-refractivity contribution is 7.18. The van der Waals surface area contributed by atoms with Gasteiger partial charge in [0.05, 0.1) is 29.2 Å². The summed E-state index contributed by atoms with van der Waals surface area (Å²) < 4.78 is 14.5. The summed E-state index contributed by atoms with van der Waals surface area (Å²) in [4.78, 5) is 18.4. The number of halogens is 1. The van der Waals surface area contributed by atoms with E-state index in [1.54, 1.807) is 23.5 Å². The summed E-state index contributed by atoms with van der Waals surface area (Å²) in [6.45, 7) is 2.30. The molecule has 2 aromatic carbocycles. The third-order valence-electron chi connectivity index (χ3n) is 4.80. The van der Waals surface area contributed by atoms with Crippen molar-refractivity contribution in [1.29, 1.82) is 0 Å². The maximum absolute atomic E-state index is 13.2. The van der Waals surface area contributed by atoms with E-state index >= 15 is 0 Å². The molecule has 0 bridgehead atoms. The maximum Gasteiger partial charge on any atom is 0.279 e. The second-order valence-corrected chi connectivity index (χ2v) is 7.86. The normalized spacial score (nSPS) is 20.2. The fourth-order valence-electron chi connectivity index (χ4n) is 3.59. The van der Waals surface area contributed by atoms with Crippen molar-refractivity contribution in [1.82, 2.24) is 4.98 Å². The standard InChI is InChI=1S/C20H20FN3OS/c21-15-6-3-7-16(11-15)22-19(25)13-24-10-4-5-14(12-24)20-23-17-8-1-2-9-18(17)26-20/h1-3,6-9,11,14H,4-5,10,12-13H2,(H,22,25)/p+1/t14-/m0/s1. The van der Waals surface area contributed by atoms with Crippen LogP contribution in [0.3, 0.4) is 0 Å². The van der Waals surface area contributed by atoms with Crippen molar-refractivity contribution >= 4 is 33.1 Å². The number of carbonyl (C=O) groups excluding carboxylic acids is 1. The van der Waals surface area contributed by atoms with Crippen LogP contribution in [-0.2, 0) is 4.79 Å². The first-order valence-electron chi connectivity index (χ1n) is 8.92. The Morgan fingerprint density at radius 3 is 3.00 bits per heavy atom. The van der Waals surface area contributed by atoms with Gasteiger partial charge in [0, 0.05) is 5.69 Å². The van der Waals surface area contributed by atoms with Gasteiger partial charge in [0.15, 0.2) is 6.54 Å². The Kier molecular flexibility index (Phi) is 4.95. The van der Waals surface area contributed by atoms with Crippen LogP contribution in [0.2, 0.25) is 0 Å². The first-order chi connectivity index (χ1) is 12.7. The second kappa shape index (κ2) is 7.51. The van der Waals surface area contributed by atoms with Gasteiger partial charge in [-0.25, -0.2) is 9.37 Å². The minimum Gasteiger partial charge on any atom is -0.327 e. The third kappa shape index (κ3) is 3.92. The van der Waals surface area contributed by atoms with Crippen molar-refractivity contribution in [3.05, 3.63) is 59.4 Å². The second-order valence-electron chi connectivity index (χ2n) is 6.80. The minimum atomic E-state index is -0.344. The number of para-hydroxylation sites is 1. The zero-order valence-electron chi connectivity index (χ0n) is 14.4. The van der Waals surface area contributed by atoms with Crippen LogP contribution in [-0.4, -0.2) is 30.5 Å². The van der Waals surface area contributed by atoms with Gasteiger partial charge in [0.25, 0.3) is 5.91 Å². The van der Waals surface area contributed by atoms with Crippen LogP contribution in [0.1, 0.15) is 23.8 Å². The number of quaternary nitrogens is 1. The van der Waals surface area contributed by atoms with Crippen LogP contribution in [0.25, 0.3) is 10.2 Å². The number of aromatic nitrogens is 1. The van der Waals surface area contributed by atoms with E-state index in [1.807, 2.05) is 12.1 Å². The molecule has 1 aliphatic rings. The topological polar surface area (TPSA) is 46.4 Å². The summed E-state index contributed by atoms with van der Waals surface area (Å²) >= 11 is 1.76. The number of nitrogens with one attached hydrogen (secondary N) is 2. The van der Waals surface area contributed by atoms with Crippen LogP contribution in [0, 0.1) is 5.82 Å². The van der Waals surface area contributed by atoms with Gasteiger partial charge in [-0.05, 0) is 43.2 Å². The number of amides is 1. The van der Waals surface area contributed by atoms with Crippen LogP contribution in [0.5, 0.6) is 0 Å². The Balaban J connectivity index is 1.39. The van der Waals surface area contributed by atoms with E-state index in [1.165, 1.54) is 26.7 Å². The van der Waals surface area contributed by atoms with E-state index in [0.717, 1.165) is 31.4 Å². The fourth-order valence-corrected chi connectivity index (χ4v) is 4.69. The molecular weight excluding hydrogens is 349 g/mol. The molecule has 2 atom stereocenters. The number of anilines is 1. The van der Waals surface area contributed by atoms with Crippen LogP contribution in [0.4, 0.5) is 10.1 Å². The van der Waals surface area contributed by atoms with E-state index in [0.29, 0.717) is 18.2 Å². The number of likely N-dealkylation sites (tertiary alicyclic amines) is 1. The highest BCUT2D eigenvalue weighted by Crippen LogP contribution is 2.30. The molecule has 0 radical (unpaired) electrons. The number of fused-ring (bicyclic) bond motifs is 1. The molecule has 26 heavy (non-hydrogen) atoms. The summed E-state index contributed by atoms with van der Waals surface area (Å²) in [6.07, 6.45) is 2.21. The molecule has 0 spiro atoms. The van der Waals surface area contributed by atoms with Crippen molar-refractivity contribution in [2.75, 3.05) is 25.0 Å². The van der Waals surface area contributed by atoms with Gasteiger partial charge in [0.2, 0.25) is 0 Å². The highest BCUT2D eigenvalue weighted by atomic mass is 32.1. The highest BCUT2D eigenvalue weighted by Gasteiger charge is 2.28. The number of benzene rings is 2. The molecule has 3 aromatic rings. The van der Waals surface area contributed by atoms with Crippen molar-refractivity contribution < 1.29 is 14.1 Å². The Hall–Kier alpha value is -2.31. The number of thiazole rings is 1. The number of hydrogen-bond donors (Lipinski definition) is 2. The Morgan fingerprint density at radius 2 is 2.15 bits per heavy atom. The Labute approximate surface area is 155 Å². The third-order valence-corrected chi connectivity index (χ3v) is 6.00. The molecular formula is C20H21FN3OS+. The van der Waals surface area contributed by atoms with Crippen LogP contribution < -0.4 is 10.2 Å². The van der Waals surface area contributed by atoms with E-state index in [4.69, 9.17) is 4.98 Å². The van der Waals surface area contributed by atoms with E-state index in [9.17, 15) is 9.18 Å². The van der Waals surface area contributed by atoms with E-state index < -0.39 is 0 Å². The van der Waals surface area contributed by atoms with Crippen molar-refractivity contribution in [2.45, 2.75) is 18.8 Å². The molecule has 1 unspecified atom stereocenters. The molecule has 1 saturated heterocycles. The lowest BCUT2D eigenvalue weighted by molar-refractivity contribution is -0.898. The van der Waals surface area contributed by atoms with Crippen molar-refractivity contribution in [2.24, 2.45) is 0 Å².